The fraction of sp³-hybridized carbons (Fsp3) is 1.00. The molecular weight excluding hydrogens is 532 g/mol. The molecule has 0 spiro atoms. The molecule has 0 rings (SSSR count). The van der Waals surface area contributed by atoms with Gasteiger partial charge >= 0.3 is 15.2 Å². The lowest BCUT2D eigenvalue weighted by atomic mass is 10.1. The van der Waals surface area contributed by atoms with E-state index in [9.17, 15) is 9.13 Å². The molecule has 0 fully saturated rings. The molecule has 0 radical (unpaired) electrons. The molecule has 0 saturated heterocycles. The third kappa shape index (κ3) is 23.5. The van der Waals surface area contributed by atoms with Crippen LogP contribution in [0.1, 0.15) is 150 Å². The van der Waals surface area contributed by atoms with Crippen molar-refractivity contribution in [1.29, 1.82) is 0 Å². The lowest BCUT2D eigenvalue weighted by molar-refractivity contribution is 0.167. The summed E-state index contributed by atoms with van der Waals surface area (Å²) >= 11 is 0. The highest BCUT2D eigenvalue weighted by molar-refractivity contribution is 7.54. The Bertz CT molecular complexity index is 546. The maximum atomic E-state index is 14.0. The highest BCUT2D eigenvalue weighted by Gasteiger charge is 2.34. The van der Waals surface area contributed by atoms with Gasteiger partial charge in [-0.15, -0.1) is 0 Å². The first-order valence-electron chi connectivity index (χ1n) is 16.4. The van der Waals surface area contributed by atoms with E-state index in [4.69, 9.17) is 18.1 Å². The molecule has 236 valence electrons. The van der Waals surface area contributed by atoms with Crippen molar-refractivity contribution < 1.29 is 27.2 Å². The summed E-state index contributed by atoms with van der Waals surface area (Å²) < 4.78 is 51.8. The van der Waals surface area contributed by atoms with E-state index in [0.717, 1.165) is 89.9 Å². The maximum absolute atomic E-state index is 14.0. The first kappa shape index (κ1) is 39.3. The quantitative estimate of drug-likeness (QED) is 0.0581. The molecule has 0 atom stereocenters. The second-order valence-corrected chi connectivity index (χ2v) is 14.9. The molecule has 0 aliphatic heterocycles. The number of nitrogens with zero attached hydrogens (tertiary/aromatic N) is 1. The average Bonchev–Trinajstić information content (AvgIpc) is 2.92. The smallest absolute Gasteiger partial charge is 0.308 e. The average molecular weight is 598 g/mol. The van der Waals surface area contributed by atoms with Gasteiger partial charge < -0.3 is 18.1 Å². The molecule has 0 bridgehead atoms. The second-order valence-electron chi connectivity index (χ2n) is 10.8. The fourth-order valence-electron chi connectivity index (χ4n) is 4.25. The SMILES string of the molecule is CCCCCCCCN(CP(=O)(OCCCCC)OCCCCC)CP(=O)(OCCCCC)OCCCCC. The van der Waals surface area contributed by atoms with Crippen LogP contribution in [0, 0.1) is 0 Å². The third-order valence-corrected chi connectivity index (χ3v) is 10.5. The summed E-state index contributed by atoms with van der Waals surface area (Å²) in [4.78, 5) is 1.99. The van der Waals surface area contributed by atoms with Crippen LogP contribution in [0.5, 0.6) is 0 Å². The van der Waals surface area contributed by atoms with Gasteiger partial charge in [-0.25, -0.2) is 0 Å². The summed E-state index contributed by atoms with van der Waals surface area (Å²) in [6.07, 6.45) is 19.0. The van der Waals surface area contributed by atoms with E-state index in [1.807, 2.05) is 4.90 Å². The van der Waals surface area contributed by atoms with Gasteiger partial charge in [-0.05, 0) is 38.6 Å². The van der Waals surface area contributed by atoms with Crippen LogP contribution in [0.15, 0.2) is 0 Å². The predicted octanol–water partition coefficient (Wildman–Crippen LogP) is 10.8. The van der Waals surface area contributed by atoms with Gasteiger partial charge in [0.15, 0.2) is 0 Å². The first-order chi connectivity index (χ1) is 18.9. The lowest BCUT2D eigenvalue weighted by Crippen LogP contribution is -2.29. The zero-order valence-electron chi connectivity index (χ0n) is 26.5. The number of unbranched alkanes of at least 4 members (excludes halogenated alkanes) is 13. The van der Waals surface area contributed by atoms with Crippen LogP contribution in [0.25, 0.3) is 0 Å². The molecule has 0 unspecified atom stereocenters. The zero-order chi connectivity index (χ0) is 29.1. The van der Waals surface area contributed by atoms with Crippen LogP contribution < -0.4 is 0 Å². The number of hydrogen-bond acceptors (Lipinski definition) is 7. The molecule has 0 saturated carbocycles. The monoisotopic (exact) mass is 597 g/mol. The van der Waals surface area contributed by atoms with Crippen LogP contribution >= 0.6 is 15.2 Å². The summed E-state index contributed by atoms with van der Waals surface area (Å²) in [6, 6.07) is 0. The first-order valence-corrected chi connectivity index (χ1v) is 19.8. The molecule has 9 heteroatoms. The fourth-order valence-corrected chi connectivity index (χ4v) is 7.98. The Morgan fingerprint density at radius 3 is 1.03 bits per heavy atom. The summed E-state index contributed by atoms with van der Waals surface area (Å²) in [5.74, 6) is 0. The van der Waals surface area contributed by atoms with E-state index in [2.05, 4.69) is 34.6 Å². The minimum Gasteiger partial charge on any atom is -0.308 e. The van der Waals surface area contributed by atoms with Crippen LogP contribution in [0.4, 0.5) is 0 Å². The lowest BCUT2D eigenvalue weighted by Gasteiger charge is -2.30. The molecule has 0 aromatic carbocycles. The Labute approximate surface area is 242 Å². The van der Waals surface area contributed by atoms with Gasteiger partial charge in [0.1, 0.15) is 12.6 Å². The van der Waals surface area contributed by atoms with Crippen molar-refractivity contribution in [2.45, 2.75) is 150 Å². The summed E-state index contributed by atoms with van der Waals surface area (Å²) in [7, 11) is -6.77. The molecule has 0 heterocycles. The largest absolute Gasteiger partial charge is 0.344 e. The topological polar surface area (TPSA) is 74.3 Å². The molecule has 7 nitrogen and oxygen atoms in total. The number of hydrogen-bond donors (Lipinski definition) is 0. The molecule has 0 amide bonds. The molecule has 0 N–H and O–H groups in total. The highest BCUT2D eigenvalue weighted by atomic mass is 31.2. The van der Waals surface area contributed by atoms with Gasteiger partial charge in [0, 0.05) is 0 Å². The summed E-state index contributed by atoms with van der Waals surface area (Å²) in [5.41, 5.74) is 0. The maximum Gasteiger partial charge on any atom is 0.344 e. The predicted molar refractivity (Wildman–Crippen MR) is 167 cm³/mol. The van der Waals surface area contributed by atoms with Gasteiger partial charge in [-0.1, -0.05) is 118 Å². The Balaban J connectivity index is 5.57. The minimum atomic E-state index is -3.39. The zero-order valence-corrected chi connectivity index (χ0v) is 28.3. The Hall–Kier alpha value is 0.260. The molecule has 0 aromatic heterocycles. The van der Waals surface area contributed by atoms with Crippen molar-refractivity contribution in [2.24, 2.45) is 0 Å². The minimum absolute atomic E-state index is 0.126. The van der Waals surface area contributed by atoms with Gasteiger partial charge in [0.25, 0.3) is 0 Å². The molecule has 0 aromatic rings. The van der Waals surface area contributed by atoms with Crippen molar-refractivity contribution >= 4 is 15.2 Å². The third-order valence-electron chi connectivity index (χ3n) is 6.72. The van der Waals surface area contributed by atoms with Crippen LogP contribution in [0.3, 0.4) is 0 Å². The Kier molecular flexibility index (Phi) is 27.3. The van der Waals surface area contributed by atoms with Crippen molar-refractivity contribution in [1.82, 2.24) is 4.90 Å². The van der Waals surface area contributed by atoms with E-state index in [-0.39, 0.29) is 12.6 Å². The van der Waals surface area contributed by atoms with Crippen molar-refractivity contribution in [3.05, 3.63) is 0 Å². The van der Waals surface area contributed by atoms with Crippen LogP contribution in [-0.2, 0) is 27.2 Å². The normalized spacial score (nSPS) is 12.6. The number of rotatable bonds is 31. The highest BCUT2D eigenvalue weighted by Crippen LogP contribution is 2.53. The molecule has 39 heavy (non-hydrogen) atoms. The molecule has 0 aliphatic rings. The van der Waals surface area contributed by atoms with E-state index < -0.39 is 15.2 Å². The Morgan fingerprint density at radius 1 is 0.410 bits per heavy atom. The molecule has 0 aliphatic carbocycles. The van der Waals surface area contributed by atoms with Crippen molar-refractivity contribution in [2.75, 3.05) is 45.5 Å². The van der Waals surface area contributed by atoms with Crippen molar-refractivity contribution in [3.63, 3.8) is 0 Å². The standard InChI is InChI=1S/C30H65NO6P2/c1-6-11-16-17-18-19-24-31(29-38(32,34-25-20-12-7-2)35-26-21-13-8-3)30-39(33,36-27-22-14-9-4)37-28-23-15-10-5/h6-30H2,1-5H3. The Morgan fingerprint density at radius 2 is 0.692 bits per heavy atom. The second kappa shape index (κ2) is 27.1. The van der Waals surface area contributed by atoms with Crippen LogP contribution in [0.2, 0.25) is 0 Å². The summed E-state index contributed by atoms with van der Waals surface area (Å²) in [6.45, 7) is 13.1. The van der Waals surface area contributed by atoms with Gasteiger partial charge in [0.05, 0.1) is 26.4 Å². The van der Waals surface area contributed by atoms with E-state index >= 15 is 0 Å². The molecular formula is C30H65NO6P2. The van der Waals surface area contributed by atoms with E-state index in [1.165, 1.54) is 25.7 Å². The van der Waals surface area contributed by atoms with E-state index in [0.29, 0.717) is 33.0 Å². The van der Waals surface area contributed by atoms with Gasteiger partial charge in [0.2, 0.25) is 0 Å². The summed E-state index contributed by atoms with van der Waals surface area (Å²) in [5, 5.41) is 0. The van der Waals surface area contributed by atoms with Gasteiger partial charge in [-0.3, -0.25) is 14.0 Å². The van der Waals surface area contributed by atoms with Gasteiger partial charge in [-0.2, -0.15) is 0 Å². The van der Waals surface area contributed by atoms with Crippen molar-refractivity contribution in [3.8, 4) is 0 Å². The van der Waals surface area contributed by atoms with E-state index in [1.54, 1.807) is 0 Å². The van der Waals surface area contributed by atoms with Crippen LogP contribution in [-0.4, -0.2) is 50.4 Å².